The molecule has 8 heteroatoms. The molecule has 1 unspecified atom stereocenters. The lowest BCUT2D eigenvalue weighted by atomic mass is 10.2. The molecule has 1 aromatic carbocycles. The van der Waals surface area contributed by atoms with Crippen molar-refractivity contribution in [3.8, 4) is 11.5 Å². The Balaban J connectivity index is 0.00000300. The first-order valence-electron chi connectivity index (χ1n) is 9.64. The highest BCUT2D eigenvalue weighted by Gasteiger charge is 2.23. The summed E-state index contributed by atoms with van der Waals surface area (Å²) < 4.78 is 10.8. The van der Waals surface area contributed by atoms with Gasteiger partial charge in [-0.15, -0.1) is 35.3 Å². The van der Waals surface area contributed by atoms with E-state index in [4.69, 9.17) is 9.47 Å². The number of rotatable bonds is 8. The molecule has 2 heterocycles. The number of methoxy groups -OCH3 is 2. The van der Waals surface area contributed by atoms with Crippen molar-refractivity contribution in [3.63, 3.8) is 0 Å². The van der Waals surface area contributed by atoms with Crippen molar-refractivity contribution >= 4 is 41.3 Å². The first-order chi connectivity index (χ1) is 13.7. The molecule has 2 aromatic rings. The van der Waals surface area contributed by atoms with Crippen LogP contribution in [0.15, 0.2) is 40.7 Å². The van der Waals surface area contributed by atoms with Gasteiger partial charge >= 0.3 is 0 Å². The lowest BCUT2D eigenvalue weighted by molar-refractivity contribution is 0.321. The Kier molecular flexibility index (Phi) is 10.0. The first kappa shape index (κ1) is 23.8. The van der Waals surface area contributed by atoms with Crippen LogP contribution < -0.4 is 20.1 Å². The van der Waals surface area contributed by atoms with E-state index in [-0.39, 0.29) is 24.0 Å². The van der Waals surface area contributed by atoms with E-state index in [1.165, 1.54) is 10.4 Å². The van der Waals surface area contributed by atoms with E-state index in [0.29, 0.717) is 6.04 Å². The summed E-state index contributed by atoms with van der Waals surface area (Å²) in [7, 11) is 5.20. The van der Waals surface area contributed by atoms with E-state index in [9.17, 15) is 0 Å². The van der Waals surface area contributed by atoms with Gasteiger partial charge in [0.2, 0.25) is 0 Å². The Morgan fingerprint density at radius 3 is 2.62 bits per heavy atom. The monoisotopic (exact) mass is 530 g/mol. The van der Waals surface area contributed by atoms with Gasteiger partial charge in [0.1, 0.15) is 11.5 Å². The summed E-state index contributed by atoms with van der Waals surface area (Å²) in [6, 6.07) is 10.7. The molecule has 1 atom stereocenters. The van der Waals surface area contributed by atoms with Crippen LogP contribution in [0.1, 0.15) is 16.9 Å². The number of hydrogen-bond acceptors (Lipinski definition) is 5. The minimum atomic E-state index is 0. The Labute approximate surface area is 194 Å². The van der Waals surface area contributed by atoms with Gasteiger partial charge in [0, 0.05) is 50.2 Å². The largest absolute Gasteiger partial charge is 0.497 e. The summed E-state index contributed by atoms with van der Waals surface area (Å²) >= 11 is 1.80. The molecule has 29 heavy (non-hydrogen) atoms. The number of benzene rings is 1. The third kappa shape index (κ3) is 7.35. The third-order valence-corrected chi connectivity index (χ3v) is 5.83. The summed E-state index contributed by atoms with van der Waals surface area (Å²) in [4.78, 5) is 8.21. The third-order valence-electron chi connectivity index (χ3n) is 4.90. The van der Waals surface area contributed by atoms with Crippen molar-refractivity contribution < 1.29 is 9.47 Å². The summed E-state index contributed by atoms with van der Waals surface area (Å²) in [6.07, 6.45) is 2.12. The van der Waals surface area contributed by atoms with Crippen LogP contribution in [0.3, 0.4) is 0 Å². The molecule has 1 aliphatic rings. The van der Waals surface area contributed by atoms with Gasteiger partial charge in [-0.25, -0.2) is 0 Å². The van der Waals surface area contributed by atoms with Crippen molar-refractivity contribution in [2.24, 2.45) is 4.99 Å². The maximum atomic E-state index is 5.38. The predicted octanol–water partition coefficient (Wildman–Crippen LogP) is 3.37. The zero-order valence-corrected chi connectivity index (χ0v) is 20.5. The Hall–Kier alpha value is -1.52. The van der Waals surface area contributed by atoms with Crippen LogP contribution in [-0.4, -0.2) is 57.8 Å². The number of hydrogen-bond donors (Lipinski definition) is 2. The molecule has 1 fully saturated rings. The topological polar surface area (TPSA) is 58.1 Å². The number of guanidine groups is 1. The molecule has 3 rings (SSSR count). The maximum Gasteiger partial charge on any atom is 0.191 e. The number of nitrogens with zero attached hydrogens (tertiary/aromatic N) is 2. The summed E-state index contributed by atoms with van der Waals surface area (Å²) in [6.45, 7) is 3.82. The van der Waals surface area contributed by atoms with Crippen LogP contribution in [0.5, 0.6) is 11.5 Å². The molecule has 160 valence electrons. The summed E-state index contributed by atoms with van der Waals surface area (Å²) in [5, 5.41) is 9.10. The van der Waals surface area contributed by atoms with E-state index in [1.807, 2.05) is 13.1 Å². The fourth-order valence-corrected chi connectivity index (χ4v) is 4.17. The maximum absolute atomic E-state index is 5.38. The first-order valence-corrected chi connectivity index (χ1v) is 10.5. The molecule has 0 radical (unpaired) electrons. The van der Waals surface area contributed by atoms with Crippen molar-refractivity contribution in [2.75, 3.05) is 40.9 Å². The standard InChI is InChI=1S/C21H30N4O2S.HI/c1-22-21(23-8-6-20-5-4-10-28-20)24-17-7-9-25(15-17)14-16-11-18(26-2)13-19(12-16)27-3;/h4-5,10-13,17H,6-9,14-15H2,1-3H3,(H2,22,23,24);1H. The number of nitrogens with one attached hydrogen (secondary N) is 2. The van der Waals surface area contributed by atoms with E-state index < -0.39 is 0 Å². The Bertz CT molecular complexity index is 748. The molecule has 1 aliphatic heterocycles. The highest BCUT2D eigenvalue weighted by molar-refractivity contribution is 14.0. The predicted molar refractivity (Wildman–Crippen MR) is 131 cm³/mol. The fraction of sp³-hybridized carbons (Fsp3) is 0.476. The van der Waals surface area contributed by atoms with Gasteiger partial charge in [-0.1, -0.05) is 6.07 Å². The second-order valence-corrected chi connectivity index (χ2v) is 7.95. The van der Waals surface area contributed by atoms with Crippen molar-refractivity contribution in [1.29, 1.82) is 0 Å². The Morgan fingerprint density at radius 1 is 1.24 bits per heavy atom. The number of aliphatic imine (C=N–C) groups is 1. The molecular formula is C21H31IN4O2S. The SMILES string of the molecule is CN=C(NCCc1cccs1)NC1CCN(Cc2cc(OC)cc(OC)c2)C1.I. The van der Waals surface area contributed by atoms with Gasteiger partial charge in [-0.2, -0.15) is 0 Å². The molecule has 6 nitrogen and oxygen atoms in total. The number of halogens is 1. The molecule has 0 bridgehead atoms. The lowest BCUT2D eigenvalue weighted by Gasteiger charge is -2.19. The Morgan fingerprint density at radius 2 is 2.00 bits per heavy atom. The highest BCUT2D eigenvalue weighted by atomic mass is 127. The van der Waals surface area contributed by atoms with Crippen LogP contribution in [0, 0.1) is 0 Å². The van der Waals surface area contributed by atoms with Gasteiger partial charge in [-0.05, 0) is 42.0 Å². The van der Waals surface area contributed by atoms with Crippen LogP contribution in [0.4, 0.5) is 0 Å². The molecule has 2 N–H and O–H groups in total. The molecule has 1 saturated heterocycles. The zero-order chi connectivity index (χ0) is 19.8. The van der Waals surface area contributed by atoms with Crippen molar-refractivity contribution in [3.05, 3.63) is 46.2 Å². The second-order valence-electron chi connectivity index (χ2n) is 6.91. The van der Waals surface area contributed by atoms with E-state index >= 15 is 0 Å². The van der Waals surface area contributed by atoms with Gasteiger partial charge in [-0.3, -0.25) is 9.89 Å². The molecule has 0 amide bonds. The van der Waals surface area contributed by atoms with Gasteiger partial charge in [0.15, 0.2) is 5.96 Å². The number of thiophene rings is 1. The number of likely N-dealkylation sites (tertiary alicyclic amines) is 1. The van der Waals surface area contributed by atoms with Crippen molar-refractivity contribution in [1.82, 2.24) is 15.5 Å². The van der Waals surface area contributed by atoms with Gasteiger partial charge < -0.3 is 20.1 Å². The van der Waals surface area contributed by atoms with E-state index in [1.54, 1.807) is 25.6 Å². The molecule has 0 aliphatic carbocycles. The van der Waals surface area contributed by atoms with Crippen molar-refractivity contribution in [2.45, 2.75) is 25.4 Å². The lowest BCUT2D eigenvalue weighted by Crippen LogP contribution is -2.45. The average Bonchev–Trinajstić information content (AvgIpc) is 3.39. The van der Waals surface area contributed by atoms with Crippen LogP contribution in [-0.2, 0) is 13.0 Å². The van der Waals surface area contributed by atoms with Crippen LogP contribution in [0.25, 0.3) is 0 Å². The smallest absolute Gasteiger partial charge is 0.191 e. The molecule has 0 saturated carbocycles. The zero-order valence-electron chi connectivity index (χ0n) is 17.3. The normalized spacial score (nSPS) is 16.9. The second kappa shape index (κ2) is 12.2. The van der Waals surface area contributed by atoms with E-state index in [0.717, 1.165) is 56.5 Å². The fourth-order valence-electron chi connectivity index (χ4n) is 3.46. The van der Waals surface area contributed by atoms with Crippen LogP contribution in [0.2, 0.25) is 0 Å². The highest BCUT2D eigenvalue weighted by Crippen LogP contribution is 2.24. The average molecular weight is 530 g/mol. The van der Waals surface area contributed by atoms with Gasteiger partial charge in [0.05, 0.1) is 14.2 Å². The number of ether oxygens (including phenoxy) is 2. The van der Waals surface area contributed by atoms with Crippen LogP contribution >= 0.6 is 35.3 Å². The summed E-state index contributed by atoms with van der Waals surface area (Å²) in [5.74, 6) is 2.54. The van der Waals surface area contributed by atoms with Gasteiger partial charge in [0.25, 0.3) is 0 Å². The minimum Gasteiger partial charge on any atom is -0.497 e. The quantitative estimate of drug-likeness (QED) is 0.312. The van der Waals surface area contributed by atoms with E-state index in [2.05, 4.69) is 50.2 Å². The molecule has 0 spiro atoms. The molecular weight excluding hydrogens is 499 g/mol. The summed E-state index contributed by atoms with van der Waals surface area (Å²) in [5.41, 5.74) is 1.20. The molecule has 1 aromatic heterocycles. The minimum absolute atomic E-state index is 0.